The predicted octanol–water partition coefficient (Wildman–Crippen LogP) is 3.02. The van der Waals surface area contributed by atoms with Gasteiger partial charge in [0.05, 0.1) is 11.1 Å². The van der Waals surface area contributed by atoms with E-state index in [-0.39, 0.29) is 36.7 Å². The van der Waals surface area contributed by atoms with Crippen molar-refractivity contribution in [3.8, 4) is 0 Å². The minimum absolute atomic E-state index is 0.0425. The minimum atomic E-state index is -0.339. The van der Waals surface area contributed by atoms with Crippen LogP contribution in [-0.2, 0) is 11.3 Å². The van der Waals surface area contributed by atoms with Crippen LogP contribution in [0.1, 0.15) is 45.5 Å². The Morgan fingerprint density at radius 2 is 1.96 bits per heavy atom. The largest absolute Gasteiger partial charge is 0.335 e. The van der Waals surface area contributed by atoms with E-state index in [2.05, 4.69) is 20.9 Å². The van der Waals surface area contributed by atoms with Crippen LogP contribution in [0, 0.1) is 0 Å². The van der Waals surface area contributed by atoms with Crippen LogP contribution in [0.4, 0.5) is 0 Å². The van der Waals surface area contributed by atoms with Gasteiger partial charge in [0.2, 0.25) is 5.91 Å². The Bertz CT molecular complexity index is 912. The normalized spacial score (nSPS) is 15.8. The molecule has 7 heteroatoms. The number of imide groups is 1. The van der Waals surface area contributed by atoms with E-state index in [1.165, 1.54) is 4.90 Å². The fourth-order valence-electron chi connectivity index (χ4n) is 3.31. The van der Waals surface area contributed by atoms with Crippen molar-refractivity contribution in [3.05, 3.63) is 63.9 Å². The van der Waals surface area contributed by atoms with Gasteiger partial charge in [-0.2, -0.15) is 0 Å². The molecule has 1 fully saturated rings. The molecular weight excluding hydrogens is 410 g/mol. The Balaban J connectivity index is 1.42. The Kier molecular flexibility index (Phi) is 4.78. The fraction of sp³-hybridized carbons (Fsp3) is 0.300. The lowest BCUT2D eigenvalue weighted by Gasteiger charge is -2.23. The summed E-state index contributed by atoms with van der Waals surface area (Å²) in [6, 6.07) is 9.06. The average molecular weight is 428 g/mol. The van der Waals surface area contributed by atoms with Crippen LogP contribution in [0.5, 0.6) is 0 Å². The summed E-state index contributed by atoms with van der Waals surface area (Å²) in [5, 5.41) is 0. The highest BCUT2D eigenvalue weighted by molar-refractivity contribution is 9.10. The lowest BCUT2D eigenvalue weighted by atomic mass is 10.1. The fourth-order valence-corrected chi connectivity index (χ4v) is 3.67. The average Bonchev–Trinajstić information content (AvgIpc) is 3.48. The van der Waals surface area contributed by atoms with Crippen molar-refractivity contribution in [2.24, 2.45) is 0 Å². The number of carbonyl (C=O) groups is 3. The lowest BCUT2D eigenvalue weighted by molar-refractivity contribution is -0.132. The minimum Gasteiger partial charge on any atom is -0.335 e. The molecule has 3 amide bonds. The van der Waals surface area contributed by atoms with Crippen LogP contribution in [0.2, 0.25) is 0 Å². The smallest absolute Gasteiger partial charge is 0.261 e. The monoisotopic (exact) mass is 427 g/mol. The van der Waals surface area contributed by atoms with Gasteiger partial charge in [-0.05, 0) is 42.7 Å². The topological polar surface area (TPSA) is 70.6 Å². The summed E-state index contributed by atoms with van der Waals surface area (Å²) in [5.41, 5.74) is 1.75. The highest BCUT2D eigenvalue weighted by Gasteiger charge is 2.37. The van der Waals surface area contributed by atoms with Crippen molar-refractivity contribution in [3.63, 3.8) is 0 Å². The molecule has 2 heterocycles. The van der Waals surface area contributed by atoms with Gasteiger partial charge in [0.1, 0.15) is 0 Å². The van der Waals surface area contributed by atoms with E-state index in [4.69, 9.17) is 0 Å². The molecule has 1 aliphatic carbocycles. The third kappa shape index (κ3) is 3.64. The number of aromatic nitrogens is 1. The van der Waals surface area contributed by atoms with Crippen LogP contribution in [0.15, 0.2) is 47.2 Å². The van der Waals surface area contributed by atoms with Gasteiger partial charge in [0, 0.05) is 42.4 Å². The molecule has 0 saturated heterocycles. The first-order valence-corrected chi connectivity index (χ1v) is 9.68. The molecule has 2 aliphatic rings. The summed E-state index contributed by atoms with van der Waals surface area (Å²) < 4.78 is 0.747. The summed E-state index contributed by atoms with van der Waals surface area (Å²) >= 11 is 3.32. The van der Waals surface area contributed by atoms with Gasteiger partial charge in [-0.15, -0.1) is 0 Å². The summed E-state index contributed by atoms with van der Waals surface area (Å²) in [7, 11) is 0. The third-order valence-electron chi connectivity index (χ3n) is 4.87. The first kappa shape index (κ1) is 17.9. The van der Waals surface area contributed by atoms with Crippen molar-refractivity contribution in [1.82, 2.24) is 14.8 Å². The number of carbonyl (C=O) groups excluding carboxylic acids is 3. The summed E-state index contributed by atoms with van der Waals surface area (Å²) in [6.45, 7) is 0.603. The van der Waals surface area contributed by atoms with Gasteiger partial charge in [-0.25, -0.2) is 0 Å². The van der Waals surface area contributed by atoms with Gasteiger partial charge >= 0.3 is 0 Å². The number of hydrogen-bond acceptors (Lipinski definition) is 4. The second kappa shape index (κ2) is 7.23. The zero-order chi connectivity index (χ0) is 19.0. The van der Waals surface area contributed by atoms with Crippen molar-refractivity contribution in [1.29, 1.82) is 0 Å². The highest BCUT2D eigenvalue weighted by Crippen LogP contribution is 2.30. The number of pyridine rings is 1. The number of halogens is 1. The zero-order valence-corrected chi connectivity index (χ0v) is 16.2. The number of fused-ring (bicyclic) bond motifs is 1. The molecule has 0 unspecified atom stereocenters. The van der Waals surface area contributed by atoms with E-state index in [1.54, 1.807) is 30.6 Å². The Labute approximate surface area is 165 Å². The molecule has 0 spiro atoms. The molecule has 1 aliphatic heterocycles. The summed E-state index contributed by atoms with van der Waals surface area (Å²) in [4.78, 5) is 44.9. The van der Waals surface area contributed by atoms with E-state index in [0.29, 0.717) is 17.7 Å². The van der Waals surface area contributed by atoms with Crippen LogP contribution < -0.4 is 0 Å². The first-order valence-electron chi connectivity index (χ1n) is 8.88. The van der Waals surface area contributed by atoms with Crippen LogP contribution in [0.25, 0.3) is 0 Å². The van der Waals surface area contributed by atoms with Gasteiger partial charge in [0.15, 0.2) is 0 Å². The second-order valence-electron chi connectivity index (χ2n) is 6.82. The molecule has 0 N–H and O–H groups in total. The van der Waals surface area contributed by atoms with E-state index < -0.39 is 0 Å². The molecule has 1 aromatic carbocycles. The molecule has 2 aromatic rings. The molecule has 0 atom stereocenters. The standard InChI is InChI=1S/C20H18BrN3O3/c21-14-3-6-16-17(10-14)20(27)23(19(16)26)9-7-18(25)24(15-4-5-15)12-13-2-1-8-22-11-13/h1-3,6,8,10-11,15H,4-5,7,9,12H2. The highest BCUT2D eigenvalue weighted by atomic mass is 79.9. The summed E-state index contributed by atoms with van der Waals surface area (Å²) in [5.74, 6) is -0.714. The zero-order valence-electron chi connectivity index (χ0n) is 14.6. The number of rotatable bonds is 6. The predicted molar refractivity (Wildman–Crippen MR) is 102 cm³/mol. The Morgan fingerprint density at radius 3 is 2.67 bits per heavy atom. The molecule has 1 aromatic heterocycles. The Morgan fingerprint density at radius 1 is 1.19 bits per heavy atom. The quantitative estimate of drug-likeness (QED) is 0.664. The van der Waals surface area contributed by atoms with E-state index in [9.17, 15) is 14.4 Å². The third-order valence-corrected chi connectivity index (χ3v) is 5.36. The Hall–Kier alpha value is -2.54. The molecule has 0 bridgehead atoms. The van der Waals surface area contributed by atoms with Gasteiger partial charge in [-0.3, -0.25) is 24.3 Å². The van der Waals surface area contributed by atoms with Crippen LogP contribution in [0.3, 0.4) is 0 Å². The molecule has 1 saturated carbocycles. The number of hydrogen-bond donors (Lipinski definition) is 0. The second-order valence-corrected chi connectivity index (χ2v) is 7.73. The van der Waals surface area contributed by atoms with Crippen molar-refractivity contribution < 1.29 is 14.4 Å². The van der Waals surface area contributed by atoms with Gasteiger partial charge in [-0.1, -0.05) is 22.0 Å². The van der Waals surface area contributed by atoms with Gasteiger partial charge < -0.3 is 4.90 Å². The molecular formula is C20H18BrN3O3. The van der Waals surface area contributed by atoms with Gasteiger partial charge in [0.25, 0.3) is 11.8 Å². The number of benzene rings is 1. The van der Waals surface area contributed by atoms with E-state index >= 15 is 0 Å². The number of nitrogens with zero attached hydrogens (tertiary/aromatic N) is 3. The molecule has 138 valence electrons. The van der Waals surface area contributed by atoms with E-state index in [0.717, 1.165) is 22.9 Å². The summed E-state index contributed by atoms with van der Waals surface area (Å²) in [6.07, 6.45) is 5.57. The van der Waals surface area contributed by atoms with Crippen LogP contribution in [-0.4, -0.2) is 45.1 Å². The number of amides is 3. The van der Waals surface area contributed by atoms with Crippen molar-refractivity contribution in [2.45, 2.75) is 31.8 Å². The van der Waals surface area contributed by atoms with Crippen molar-refractivity contribution >= 4 is 33.7 Å². The molecule has 0 radical (unpaired) electrons. The molecule has 27 heavy (non-hydrogen) atoms. The first-order chi connectivity index (χ1) is 13.0. The maximum Gasteiger partial charge on any atom is 0.261 e. The van der Waals surface area contributed by atoms with Crippen LogP contribution >= 0.6 is 15.9 Å². The molecule has 4 rings (SSSR count). The van der Waals surface area contributed by atoms with Crippen molar-refractivity contribution in [2.75, 3.05) is 6.54 Å². The lowest BCUT2D eigenvalue weighted by Crippen LogP contribution is -2.37. The maximum absolute atomic E-state index is 12.8. The SMILES string of the molecule is O=C1c2ccc(Br)cc2C(=O)N1CCC(=O)N(Cc1cccnc1)C1CC1. The molecule has 6 nitrogen and oxygen atoms in total. The maximum atomic E-state index is 12.8. The van der Waals surface area contributed by atoms with E-state index in [1.807, 2.05) is 17.0 Å².